The standard InChI is InChI=1S/C23H28N2O/c1-22(2)18-23(25(26)17-20-10-6-7-11-21(20)22)12-14-24(15-13-23)16-19-8-4-3-5-9-19/h3-11,17H,12-16,18H2,1-2H3. The lowest BCUT2D eigenvalue weighted by Crippen LogP contribution is -2.51. The maximum atomic E-state index is 13.1. The van der Waals surface area contributed by atoms with Gasteiger partial charge in [-0.25, -0.2) is 4.74 Å². The van der Waals surface area contributed by atoms with E-state index >= 15 is 0 Å². The number of fused-ring (bicyclic) bond motifs is 1. The summed E-state index contributed by atoms with van der Waals surface area (Å²) >= 11 is 0. The van der Waals surface area contributed by atoms with Gasteiger partial charge >= 0.3 is 0 Å². The van der Waals surface area contributed by atoms with Crippen LogP contribution in [0.3, 0.4) is 0 Å². The summed E-state index contributed by atoms with van der Waals surface area (Å²) in [4.78, 5) is 2.49. The van der Waals surface area contributed by atoms with Gasteiger partial charge in [-0.15, -0.1) is 0 Å². The van der Waals surface area contributed by atoms with Gasteiger partial charge in [-0.1, -0.05) is 62.4 Å². The molecule has 0 aliphatic carbocycles. The average Bonchev–Trinajstić information content (AvgIpc) is 2.71. The van der Waals surface area contributed by atoms with Crippen molar-refractivity contribution in [1.29, 1.82) is 0 Å². The maximum Gasteiger partial charge on any atom is 0.182 e. The van der Waals surface area contributed by atoms with E-state index in [0.717, 1.165) is 44.5 Å². The minimum absolute atomic E-state index is 0.00779. The predicted octanol–water partition coefficient (Wildman–Crippen LogP) is 4.33. The molecule has 2 aliphatic rings. The third-order valence-electron chi connectivity index (χ3n) is 6.22. The second-order valence-electron chi connectivity index (χ2n) is 8.59. The van der Waals surface area contributed by atoms with E-state index in [0.29, 0.717) is 0 Å². The van der Waals surface area contributed by atoms with E-state index in [4.69, 9.17) is 0 Å². The van der Waals surface area contributed by atoms with Crippen molar-refractivity contribution in [2.75, 3.05) is 13.1 Å². The van der Waals surface area contributed by atoms with Crippen LogP contribution in [0.15, 0.2) is 54.6 Å². The maximum absolute atomic E-state index is 13.1. The topological polar surface area (TPSA) is 29.3 Å². The molecule has 0 unspecified atom stereocenters. The third kappa shape index (κ3) is 3.16. The van der Waals surface area contributed by atoms with E-state index in [1.54, 1.807) is 0 Å². The molecule has 0 bridgehead atoms. The highest BCUT2D eigenvalue weighted by molar-refractivity contribution is 5.79. The summed E-state index contributed by atoms with van der Waals surface area (Å²) in [5.41, 5.74) is 3.45. The van der Waals surface area contributed by atoms with Gasteiger partial charge in [0.1, 0.15) is 0 Å². The third-order valence-corrected chi connectivity index (χ3v) is 6.22. The van der Waals surface area contributed by atoms with Crippen molar-refractivity contribution < 1.29 is 4.74 Å². The summed E-state index contributed by atoms with van der Waals surface area (Å²) in [6, 6.07) is 19.0. The van der Waals surface area contributed by atoms with Gasteiger partial charge in [0.2, 0.25) is 0 Å². The summed E-state index contributed by atoms with van der Waals surface area (Å²) < 4.78 is 1.29. The number of rotatable bonds is 2. The van der Waals surface area contributed by atoms with Gasteiger partial charge in [0.05, 0.1) is 0 Å². The van der Waals surface area contributed by atoms with Gasteiger partial charge in [0, 0.05) is 44.5 Å². The van der Waals surface area contributed by atoms with Gasteiger partial charge in [0.15, 0.2) is 11.8 Å². The van der Waals surface area contributed by atoms with Crippen LogP contribution in [0.4, 0.5) is 0 Å². The smallest absolute Gasteiger partial charge is 0.182 e. The zero-order valence-electron chi connectivity index (χ0n) is 15.8. The lowest BCUT2D eigenvalue weighted by Gasteiger charge is -2.42. The van der Waals surface area contributed by atoms with E-state index in [2.05, 4.69) is 67.3 Å². The van der Waals surface area contributed by atoms with Crippen LogP contribution < -0.4 is 0 Å². The number of hydroxylamine groups is 1. The summed E-state index contributed by atoms with van der Waals surface area (Å²) in [5, 5.41) is 13.1. The molecule has 0 radical (unpaired) electrons. The molecule has 3 nitrogen and oxygen atoms in total. The second kappa shape index (κ2) is 6.55. The Morgan fingerprint density at radius 1 is 0.962 bits per heavy atom. The zero-order valence-corrected chi connectivity index (χ0v) is 15.8. The SMILES string of the molecule is CC1(C)CC2(CCN(Cc3ccccc3)CC2)[N+]([O-])=Cc2ccccc21. The number of nitrogens with zero attached hydrogens (tertiary/aromatic N) is 2. The summed E-state index contributed by atoms with van der Waals surface area (Å²) in [6.45, 7) is 7.51. The molecule has 2 aromatic carbocycles. The van der Waals surface area contributed by atoms with Crippen molar-refractivity contribution in [2.24, 2.45) is 0 Å². The Labute approximate surface area is 156 Å². The fourth-order valence-electron chi connectivity index (χ4n) is 4.85. The number of piperidine rings is 1. The Kier molecular flexibility index (Phi) is 4.36. The zero-order chi connectivity index (χ0) is 18.2. The van der Waals surface area contributed by atoms with Gasteiger partial charge in [-0.05, 0) is 22.6 Å². The molecule has 2 heterocycles. The molecule has 0 saturated carbocycles. The monoisotopic (exact) mass is 348 g/mol. The minimum Gasteiger partial charge on any atom is -0.623 e. The Hall–Kier alpha value is -2.13. The normalized spacial score (nSPS) is 21.7. The highest BCUT2D eigenvalue weighted by atomic mass is 16.5. The van der Waals surface area contributed by atoms with Gasteiger partial charge in [-0.3, -0.25) is 4.90 Å². The molecule has 4 rings (SSSR count). The van der Waals surface area contributed by atoms with Crippen LogP contribution in [-0.2, 0) is 12.0 Å². The second-order valence-corrected chi connectivity index (χ2v) is 8.59. The summed E-state index contributed by atoms with van der Waals surface area (Å²) in [6.07, 6.45) is 4.61. The molecule has 26 heavy (non-hydrogen) atoms. The molecule has 3 heteroatoms. The van der Waals surface area contributed by atoms with E-state index in [9.17, 15) is 5.21 Å². The van der Waals surface area contributed by atoms with E-state index in [1.165, 1.54) is 15.9 Å². The van der Waals surface area contributed by atoms with Crippen molar-refractivity contribution >= 4 is 6.21 Å². The van der Waals surface area contributed by atoms with Crippen LogP contribution in [-0.4, -0.2) is 34.5 Å². The number of likely N-dealkylation sites (tertiary alicyclic amines) is 1. The van der Waals surface area contributed by atoms with Gasteiger partial charge < -0.3 is 5.21 Å². The quantitative estimate of drug-likeness (QED) is 0.597. The minimum atomic E-state index is -0.282. The van der Waals surface area contributed by atoms with E-state index in [1.807, 2.05) is 12.3 Å². The van der Waals surface area contributed by atoms with Crippen LogP contribution in [0.5, 0.6) is 0 Å². The summed E-state index contributed by atoms with van der Waals surface area (Å²) in [5.74, 6) is 0. The number of hydrogen-bond acceptors (Lipinski definition) is 2. The Morgan fingerprint density at radius 3 is 2.35 bits per heavy atom. The van der Waals surface area contributed by atoms with Gasteiger partial charge in [0.25, 0.3) is 0 Å². The molecular formula is C23H28N2O. The lowest BCUT2D eigenvalue weighted by atomic mass is 9.70. The van der Waals surface area contributed by atoms with Crippen molar-refractivity contribution in [3.05, 3.63) is 76.5 Å². The molecule has 2 aromatic rings. The first-order valence-corrected chi connectivity index (χ1v) is 9.66. The molecule has 0 N–H and O–H groups in total. The highest BCUT2D eigenvalue weighted by Crippen LogP contribution is 2.42. The molecule has 2 aliphatic heterocycles. The Balaban J connectivity index is 1.55. The molecular weight excluding hydrogens is 320 g/mol. The molecule has 1 saturated heterocycles. The van der Waals surface area contributed by atoms with Gasteiger partial charge in [-0.2, -0.15) is 0 Å². The Bertz CT molecular complexity index is 802. The number of benzene rings is 2. The molecule has 1 fully saturated rings. The highest BCUT2D eigenvalue weighted by Gasteiger charge is 2.48. The summed E-state index contributed by atoms with van der Waals surface area (Å²) in [7, 11) is 0. The van der Waals surface area contributed by atoms with Crippen molar-refractivity contribution in [3.63, 3.8) is 0 Å². The van der Waals surface area contributed by atoms with Crippen molar-refractivity contribution in [2.45, 2.75) is 50.6 Å². The molecule has 0 amide bonds. The molecule has 0 atom stereocenters. The Morgan fingerprint density at radius 2 is 1.62 bits per heavy atom. The van der Waals surface area contributed by atoms with Crippen LogP contribution in [0.2, 0.25) is 0 Å². The van der Waals surface area contributed by atoms with Crippen molar-refractivity contribution in [3.8, 4) is 0 Å². The molecule has 136 valence electrons. The van der Waals surface area contributed by atoms with Crippen LogP contribution in [0, 0.1) is 5.21 Å². The first kappa shape index (κ1) is 17.3. The average molecular weight is 348 g/mol. The van der Waals surface area contributed by atoms with Crippen molar-refractivity contribution in [1.82, 2.24) is 4.90 Å². The first-order valence-electron chi connectivity index (χ1n) is 9.66. The lowest BCUT2D eigenvalue weighted by molar-refractivity contribution is -0.554. The van der Waals surface area contributed by atoms with E-state index < -0.39 is 0 Å². The fraction of sp³-hybridized carbons (Fsp3) is 0.435. The molecule has 1 spiro atoms. The number of hydrogen-bond donors (Lipinski definition) is 0. The van der Waals surface area contributed by atoms with E-state index in [-0.39, 0.29) is 11.0 Å². The largest absolute Gasteiger partial charge is 0.623 e. The molecule has 0 aromatic heterocycles. The first-order chi connectivity index (χ1) is 12.5. The predicted molar refractivity (Wildman–Crippen MR) is 107 cm³/mol. The van der Waals surface area contributed by atoms with Crippen LogP contribution in [0.25, 0.3) is 0 Å². The van der Waals surface area contributed by atoms with Crippen LogP contribution >= 0.6 is 0 Å². The van der Waals surface area contributed by atoms with Crippen LogP contribution in [0.1, 0.15) is 49.8 Å². The fourth-order valence-corrected chi connectivity index (χ4v) is 4.85.